The summed E-state index contributed by atoms with van der Waals surface area (Å²) in [6, 6.07) is 13.4. The molecule has 94 valence electrons. The lowest BCUT2D eigenvalue weighted by Gasteiger charge is -2.10. The zero-order valence-corrected chi connectivity index (χ0v) is 11.0. The van der Waals surface area contributed by atoms with Gasteiger partial charge in [0.25, 0.3) is 0 Å². The molecule has 0 bridgehead atoms. The third kappa shape index (κ3) is 2.20. The molecule has 0 amide bonds. The molecular formula is C15H12N2OS. The van der Waals surface area contributed by atoms with Crippen LogP contribution >= 0.6 is 12.6 Å². The first-order valence-electron chi connectivity index (χ1n) is 5.93. The number of rotatable bonds is 2. The van der Waals surface area contributed by atoms with Crippen LogP contribution in [0.1, 0.15) is 5.56 Å². The fourth-order valence-corrected chi connectivity index (χ4v) is 2.33. The van der Waals surface area contributed by atoms with Gasteiger partial charge in [0.05, 0.1) is 23.3 Å². The van der Waals surface area contributed by atoms with Gasteiger partial charge in [0.1, 0.15) is 0 Å². The Labute approximate surface area is 116 Å². The number of nitrogens with zero attached hydrogens (tertiary/aromatic N) is 2. The molecule has 0 saturated heterocycles. The van der Waals surface area contributed by atoms with Crippen LogP contribution in [0.3, 0.4) is 0 Å². The number of aliphatic hydroxyl groups excluding tert-OH is 1. The molecular weight excluding hydrogens is 256 g/mol. The lowest BCUT2D eigenvalue weighted by Crippen LogP contribution is -1.96. The molecule has 0 spiro atoms. The number of aromatic nitrogens is 2. The van der Waals surface area contributed by atoms with Crippen molar-refractivity contribution in [2.75, 3.05) is 0 Å². The van der Waals surface area contributed by atoms with Gasteiger partial charge in [-0.1, -0.05) is 18.2 Å². The molecule has 0 fully saturated rings. The summed E-state index contributed by atoms with van der Waals surface area (Å²) in [6.07, 6.45) is 1.72. The third-order valence-corrected chi connectivity index (χ3v) is 3.38. The average Bonchev–Trinajstić information content (AvgIpc) is 2.46. The standard InChI is InChI=1S/C15H12N2OS/c18-9-10-8-13-12(5-3-7-16-13)17-15(10)11-4-1-2-6-14(11)19/h1-8,18-19H,9H2. The van der Waals surface area contributed by atoms with Gasteiger partial charge in [-0.15, -0.1) is 12.6 Å². The van der Waals surface area contributed by atoms with E-state index in [0.717, 1.165) is 32.7 Å². The first-order valence-corrected chi connectivity index (χ1v) is 6.38. The quantitative estimate of drug-likeness (QED) is 0.702. The molecule has 0 aliphatic carbocycles. The Morgan fingerprint density at radius 1 is 1.05 bits per heavy atom. The Hall–Kier alpha value is -1.91. The van der Waals surface area contributed by atoms with E-state index in [-0.39, 0.29) is 6.61 Å². The maximum absolute atomic E-state index is 9.54. The molecule has 0 radical (unpaired) electrons. The molecule has 3 nitrogen and oxygen atoms in total. The van der Waals surface area contributed by atoms with Gasteiger partial charge >= 0.3 is 0 Å². The minimum Gasteiger partial charge on any atom is -0.392 e. The third-order valence-electron chi connectivity index (χ3n) is 2.99. The predicted octanol–water partition coefficient (Wildman–Crippen LogP) is 3.08. The topological polar surface area (TPSA) is 46.0 Å². The van der Waals surface area contributed by atoms with Gasteiger partial charge in [-0.25, -0.2) is 4.98 Å². The molecule has 3 aromatic rings. The van der Waals surface area contributed by atoms with E-state index >= 15 is 0 Å². The fraction of sp³-hybridized carbons (Fsp3) is 0.0667. The van der Waals surface area contributed by atoms with Crippen LogP contribution in [0.4, 0.5) is 0 Å². The Balaban J connectivity index is 2.31. The predicted molar refractivity (Wildman–Crippen MR) is 78.1 cm³/mol. The highest BCUT2D eigenvalue weighted by Gasteiger charge is 2.11. The van der Waals surface area contributed by atoms with Crippen LogP contribution in [0.5, 0.6) is 0 Å². The Bertz CT molecular complexity index is 743. The van der Waals surface area contributed by atoms with Crippen LogP contribution in [0.25, 0.3) is 22.3 Å². The highest BCUT2D eigenvalue weighted by atomic mass is 32.1. The van der Waals surface area contributed by atoms with Crippen molar-refractivity contribution in [2.45, 2.75) is 11.5 Å². The largest absolute Gasteiger partial charge is 0.392 e. The van der Waals surface area contributed by atoms with Crippen molar-refractivity contribution in [3.63, 3.8) is 0 Å². The minimum absolute atomic E-state index is 0.0725. The second-order valence-electron chi connectivity index (χ2n) is 4.21. The van der Waals surface area contributed by atoms with E-state index in [2.05, 4.69) is 22.6 Å². The molecule has 1 N–H and O–H groups in total. The number of aliphatic hydroxyl groups is 1. The van der Waals surface area contributed by atoms with Crippen LogP contribution < -0.4 is 0 Å². The molecule has 0 atom stereocenters. The zero-order valence-electron chi connectivity index (χ0n) is 10.1. The minimum atomic E-state index is -0.0725. The second kappa shape index (κ2) is 4.99. The SMILES string of the molecule is OCc1cc2ncccc2nc1-c1ccccc1S. The number of hydrogen-bond donors (Lipinski definition) is 2. The molecule has 2 aromatic heterocycles. The normalized spacial score (nSPS) is 10.8. The van der Waals surface area contributed by atoms with Crippen LogP contribution in [0.2, 0.25) is 0 Å². The van der Waals surface area contributed by atoms with E-state index in [1.54, 1.807) is 6.20 Å². The van der Waals surface area contributed by atoms with Crippen LogP contribution in [0.15, 0.2) is 53.6 Å². The molecule has 19 heavy (non-hydrogen) atoms. The highest BCUT2D eigenvalue weighted by Crippen LogP contribution is 2.29. The van der Waals surface area contributed by atoms with Gasteiger partial charge < -0.3 is 5.11 Å². The number of benzene rings is 1. The summed E-state index contributed by atoms with van der Waals surface area (Å²) in [7, 11) is 0. The first kappa shape index (κ1) is 12.1. The van der Waals surface area contributed by atoms with E-state index < -0.39 is 0 Å². The van der Waals surface area contributed by atoms with E-state index in [1.807, 2.05) is 42.5 Å². The second-order valence-corrected chi connectivity index (χ2v) is 4.69. The van der Waals surface area contributed by atoms with Crippen molar-refractivity contribution in [1.82, 2.24) is 9.97 Å². The molecule has 0 aliphatic heterocycles. The molecule has 0 aliphatic rings. The Morgan fingerprint density at radius 2 is 1.89 bits per heavy atom. The lowest BCUT2D eigenvalue weighted by atomic mass is 10.1. The van der Waals surface area contributed by atoms with Gasteiger partial charge in [-0.05, 0) is 24.3 Å². The smallest absolute Gasteiger partial charge is 0.0894 e. The summed E-state index contributed by atoms with van der Waals surface area (Å²) in [4.78, 5) is 9.70. The van der Waals surface area contributed by atoms with Crippen molar-refractivity contribution in [3.05, 3.63) is 54.2 Å². The first-order chi connectivity index (χ1) is 9.29. The van der Waals surface area contributed by atoms with Crippen molar-refractivity contribution >= 4 is 23.7 Å². The maximum atomic E-state index is 9.54. The van der Waals surface area contributed by atoms with Crippen LogP contribution in [-0.4, -0.2) is 15.1 Å². The maximum Gasteiger partial charge on any atom is 0.0894 e. The van der Waals surface area contributed by atoms with E-state index in [9.17, 15) is 5.11 Å². The van der Waals surface area contributed by atoms with E-state index in [1.165, 1.54) is 0 Å². The summed E-state index contributed by atoms with van der Waals surface area (Å²) in [5, 5.41) is 9.54. The fourth-order valence-electron chi connectivity index (χ4n) is 2.07. The van der Waals surface area contributed by atoms with Crippen molar-refractivity contribution < 1.29 is 5.11 Å². The molecule has 3 rings (SSSR count). The summed E-state index contributed by atoms with van der Waals surface area (Å²) in [6.45, 7) is -0.0725. The van der Waals surface area contributed by atoms with Crippen molar-refractivity contribution in [2.24, 2.45) is 0 Å². The van der Waals surface area contributed by atoms with Crippen LogP contribution in [-0.2, 0) is 6.61 Å². The number of fused-ring (bicyclic) bond motifs is 1. The molecule has 0 saturated carbocycles. The van der Waals surface area contributed by atoms with E-state index in [0.29, 0.717) is 0 Å². The van der Waals surface area contributed by atoms with Gasteiger partial charge in [0.2, 0.25) is 0 Å². The molecule has 0 unspecified atom stereocenters. The summed E-state index contributed by atoms with van der Waals surface area (Å²) in [5.74, 6) is 0. The zero-order chi connectivity index (χ0) is 13.2. The van der Waals surface area contributed by atoms with Crippen molar-refractivity contribution in [3.8, 4) is 11.3 Å². The Morgan fingerprint density at radius 3 is 2.68 bits per heavy atom. The van der Waals surface area contributed by atoms with Gasteiger partial charge in [-0.2, -0.15) is 0 Å². The molecule has 2 heterocycles. The lowest BCUT2D eigenvalue weighted by molar-refractivity contribution is 0.282. The molecule has 4 heteroatoms. The summed E-state index contributed by atoms with van der Waals surface area (Å²) in [5.41, 5.74) is 4.03. The monoisotopic (exact) mass is 268 g/mol. The Kier molecular flexibility index (Phi) is 3.19. The summed E-state index contributed by atoms with van der Waals surface area (Å²) >= 11 is 4.45. The highest BCUT2D eigenvalue weighted by molar-refractivity contribution is 7.80. The number of thiol groups is 1. The van der Waals surface area contributed by atoms with Gasteiger partial charge in [0, 0.05) is 22.2 Å². The van der Waals surface area contributed by atoms with Crippen LogP contribution in [0, 0.1) is 0 Å². The van der Waals surface area contributed by atoms with Gasteiger partial charge in [0.15, 0.2) is 0 Å². The molecule has 1 aromatic carbocycles. The number of hydrogen-bond acceptors (Lipinski definition) is 4. The number of pyridine rings is 2. The van der Waals surface area contributed by atoms with Gasteiger partial charge in [-0.3, -0.25) is 4.98 Å². The van der Waals surface area contributed by atoms with Crippen molar-refractivity contribution in [1.29, 1.82) is 0 Å². The van der Waals surface area contributed by atoms with E-state index in [4.69, 9.17) is 0 Å². The average molecular weight is 268 g/mol. The summed E-state index contributed by atoms with van der Waals surface area (Å²) < 4.78 is 0.